The van der Waals surface area contributed by atoms with Gasteiger partial charge >= 0.3 is 0 Å². The highest BCUT2D eigenvalue weighted by Crippen LogP contribution is 2.23. The predicted molar refractivity (Wildman–Crippen MR) is 66.4 cm³/mol. The van der Waals surface area contributed by atoms with E-state index in [1.807, 2.05) is 19.9 Å². The molecular formula is C11H10Cl2N2O. The molecule has 84 valence electrons. The van der Waals surface area contributed by atoms with Crippen LogP contribution in [-0.2, 0) is 6.54 Å². The highest BCUT2D eigenvalue weighted by Gasteiger charge is 2.12. The van der Waals surface area contributed by atoms with Gasteiger partial charge in [-0.2, -0.15) is 0 Å². The van der Waals surface area contributed by atoms with E-state index < -0.39 is 0 Å². The zero-order valence-electron chi connectivity index (χ0n) is 8.92. The van der Waals surface area contributed by atoms with Crippen molar-refractivity contribution >= 4 is 34.1 Å². The predicted octanol–water partition coefficient (Wildman–Crippen LogP) is 3.03. The van der Waals surface area contributed by atoms with Crippen LogP contribution in [-0.4, -0.2) is 9.55 Å². The Balaban J connectivity index is 3.05. The molecular weight excluding hydrogens is 247 g/mol. The van der Waals surface area contributed by atoms with Gasteiger partial charge in [0.1, 0.15) is 0 Å². The first-order valence-corrected chi connectivity index (χ1v) is 5.67. The summed E-state index contributed by atoms with van der Waals surface area (Å²) < 4.78 is 1.40. The minimum atomic E-state index is -0.189. The molecule has 0 spiro atoms. The average Bonchev–Trinajstić information content (AvgIpc) is 2.24. The monoisotopic (exact) mass is 256 g/mol. The number of hydrogen-bond acceptors (Lipinski definition) is 2. The van der Waals surface area contributed by atoms with Crippen molar-refractivity contribution in [1.29, 1.82) is 0 Å². The van der Waals surface area contributed by atoms with Crippen molar-refractivity contribution < 1.29 is 0 Å². The fourth-order valence-corrected chi connectivity index (χ4v) is 2.18. The van der Waals surface area contributed by atoms with E-state index in [9.17, 15) is 4.79 Å². The Morgan fingerprint density at radius 1 is 1.38 bits per heavy atom. The summed E-state index contributed by atoms with van der Waals surface area (Å²) in [6, 6.07) is 3.53. The van der Waals surface area contributed by atoms with Crippen LogP contribution < -0.4 is 5.56 Å². The topological polar surface area (TPSA) is 34.9 Å². The first-order chi connectivity index (χ1) is 7.56. The first-order valence-electron chi connectivity index (χ1n) is 4.91. The number of rotatable bonds is 1. The molecule has 1 aromatic heterocycles. The Morgan fingerprint density at radius 3 is 2.69 bits per heavy atom. The van der Waals surface area contributed by atoms with Crippen LogP contribution in [0.1, 0.15) is 12.5 Å². The third-order valence-corrected chi connectivity index (χ3v) is 3.13. The molecule has 0 saturated carbocycles. The second kappa shape index (κ2) is 4.07. The Hall–Kier alpha value is -1.06. The Labute approximate surface area is 103 Å². The molecule has 1 aromatic carbocycles. The molecule has 0 bridgehead atoms. The zero-order valence-corrected chi connectivity index (χ0v) is 10.4. The van der Waals surface area contributed by atoms with Crippen molar-refractivity contribution in [3.05, 3.63) is 38.4 Å². The summed E-state index contributed by atoms with van der Waals surface area (Å²) in [5.74, 6) is 0. The average molecular weight is 257 g/mol. The number of aryl methyl sites for hydroxylation is 1. The normalized spacial score (nSPS) is 11.0. The molecule has 5 heteroatoms. The van der Waals surface area contributed by atoms with Crippen LogP contribution in [0.25, 0.3) is 10.9 Å². The van der Waals surface area contributed by atoms with E-state index in [1.54, 1.807) is 6.07 Å². The van der Waals surface area contributed by atoms with Gasteiger partial charge in [0.05, 0.1) is 15.9 Å². The van der Waals surface area contributed by atoms with Gasteiger partial charge in [-0.05, 0) is 37.1 Å². The lowest BCUT2D eigenvalue weighted by atomic mass is 10.1. The SMILES string of the molecule is CCn1c(Cl)nc2c(C)ccc(Cl)c2c1=O. The molecule has 0 N–H and O–H groups in total. The quantitative estimate of drug-likeness (QED) is 0.736. The molecule has 0 amide bonds. The van der Waals surface area contributed by atoms with Gasteiger partial charge in [-0.1, -0.05) is 17.7 Å². The number of aromatic nitrogens is 2. The summed E-state index contributed by atoms with van der Waals surface area (Å²) in [5, 5.41) is 1.05. The van der Waals surface area contributed by atoms with E-state index in [4.69, 9.17) is 23.2 Å². The molecule has 0 unspecified atom stereocenters. The van der Waals surface area contributed by atoms with Crippen LogP contribution in [0.15, 0.2) is 16.9 Å². The molecule has 2 rings (SSSR count). The van der Waals surface area contributed by atoms with E-state index in [0.717, 1.165) is 5.56 Å². The lowest BCUT2D eigenvalue weighted by Gasteiger charge is -2.08. The second-order valence-electron chi connectivity index (χ2n) is 3.52. The molecule has 0 aliphatic carbocycles. The van der Waals surface area contributed by atoms with Gasteiger partial charge in [0.25, 0.3) is 5.56 Å². The molecule has 3 nitrogen and oxygen atoms in total. The Bertz CT molecular complexity index is 619. The Kier molecular flexibility index (Phi) is 2.91. The van der Waals surface area contributed by atoms with Crippen molar-refractivity contribution in [1.82, 2.24) is 9.55 Å². The number of benzene rings is 1. The minimum Gasteiger partial charge on any atom is -0.283 e. The number of hydrogen-bond donors (Lipinski definition) is 0. The third kappa shape index (κ3) is 1.60. The number of fused-ring (bicyclic) bond motifs is 1. The van der Waals surface area contributed by atoms with Gasteiger partial charge in [-0.25, -0.2) is 4.98 Å². The van der Waals surface area contributed by atoms with Crippen molar-refractivity contribution in [2.75, 3.05) is 0 Å². The van der Waals surface area contributed by atoms with Gasteiger partial charge in [0.2, 0.25) is 5.28 Å². The molecule has 0 aliphatic heterocycles. The maximum Gasteiger partial charge on any atom is 0.263 e. The van der Waals surface area contributed by atoms with Gasteiger partial charge in [-0.15, -0.1) is 0 Å². The standard InChI is InChI=1S/C11H10Cl2N2O/c1-3-15-10(16)8-7(12)5-4-6(2)9(8)14-11(15)13/h4-5H,3H2,1-2H3. The highest BCUT2D eigenvalue weighted by molar-refractivity contribution is 6.35. The van der Waals surface area contributed by atoms with E-state index in [-0.39, 0.29) is 10.8 Å². The van der Waals surface area contributed by atoms with E-state index in [0.29, 0.717) is 22.5 Å². The van der Waals surface area contributed by atoms with E-state index >= 15 is 0 Å². The van der Waals surface area contributed by atoms with Crippen molar-refractivity contribution in [2.45, 2.75) is 20.4 Å². The van der Waals surface area contributed by atoms with Crippen LogP contribution in [0.5, 0.6) is 0 Å². The van der Waals surface area contributed by atoms with Crippen molar-refractivity contribution in [3.8, 4) is 0 Å². The fourth-order valence-electron chi connectivity index (χ4n) is 1.66. The summed E-state index contributed by atoms with van der Waals surface area (Å²) in [5.41, 5.74) is 1.28. The van der Waals surface area contributed by atoms with Crippen LogP contribution in [0, 0.1) is 6.92 Å². The van der Waals surface area contributed by atoms with Crippen molar-refractivity contribution in [2.24, 2.45) is 0 Å². The molecule has 0 atom stereocenters. The van der Waals surface area contributed by atoms with E-state index in [2.05, 4.69) is 4.98 Å². The maximum absolute atomic E-state index is 12.1. The summed E-state index contributed by atoms with van der Waals surface area (Å²) in [7, 11) is 0. The van der Waals surface area contributed by atoms with Crippen LogP contribution >= 0.6 is 23.2 Å². The van der Waals surface area contributed by atoms with Gasteiger partial charge in [0.15, 0.2) is 0 Å². The lowest BCUT2D eigenvalue weighted by molar-refractivity contribution is 0.718. The first kappa shape index (κ1) is 11.4. The van der Waals surface area contributed by atoms with Gasteiger partial charge in [-0.3, -0.25) is 9.36 Å². The summed E-state index contributed by atoms with van der Waals surface area (Å²) >= 11 is 12.0. The second-order valence-corrected chi connectivity index (χ2v) is 4.26. The molecule has 1 heterocycles. The number of halogens is 2. The highest BCUT2D eigenvalue weighted by atomic mass is 35.5. The fraction of sp³-hybridized carbons (Fsp3) is 0.273. The maximum atomic E-state index is 12.1. The largest absolute Gasteiger partial charge is 0.283 e. The minimum absolute atomic E-state index is 0.189. The molecule has 0 fully saturated rings. The zero-order chi connectivity index (χ0) is 11.9. The molecule has 16 heavy (non-hydrogen) atoms. The number of nitrogens with zero attached hydrogens (tertiary/aromatic N) is 2. The summed E-state index contributed by atoms with van der Waals surface area (Å²) in [6.45, 7) is 4.19. The van der Waals surface area contributed by atoms with Crippen molar-refractivity contribution in [3.63, 3.8) is 0 Å². The molecule has 0 saturated heterocycles. The third-order valence-electron chi connectivity index (χ3n) is 2.53. The Morgan fingerprint density at radius 2 is 2.06 bits per heavy atom. The van der Waals surface area contributed by atoms with Gasteiger partial charge < -0.3 is 0 Å². The van der Waals surface area contributed by atoms with E-state index in [1.165, 1.54) is 4.57 Å². The van der Waals surface area contributed by atoms with Crippen LogP contribution in [0.4, 0.5) is 0 Å². The van der Waals surface area contributed by atoms with Crippen LogP contribution in [0.3, 0.4) is 0 Å². The summed E-state index contributed by atoms with van der Waals surface area (Å²) in [4.78, 5) is 16.3. The smallest absolute Gasteiger partial charge is 0.263 e. The summed E-state index contributed by atoms with van der Waals surface area (Å²) in [6.07, 6.45) is 0. The van der Waals surface area contributed by atoms with Gasteiger partial charge in [0, 0.05) is 6.54 Å². The molecule has 0 radical (unpaired) electrons. The molecule has 2 aromatic rings. The lowest BCUT2D eigenvalue weighted by Crippen LogP contribution is -2.21. The molecule has 0 aliphatic rings. The van der Waals surface area contributed by atoms with Crippen LogP contribution in [0.2, 0.25) is 10.3 Å².